The third-order valence-corrected chi connectivity index (χ3v) is 5.44. The van der Waals surface area contributed by atoms with Crippen molar-refractivity contribution in [3.05, 3.63) is 81.3 Å². The highest BCUT2D eigenvalue weighted by Crippen LogP contribution is 2.40. The summed E-state index contributed by atoms with van der Waals surface area (Å²) in [5.41, 5.74) is 2.28. The number of methoxy groups -OCH3 is 1. The van der Waals surface area contributed by atoms with Gasteiger partial charge in [0.05, 0.1) is 41.3 Å². The molecule has 154 valence electrons. The number of ether oxygens (including phenoxy) is 2. The Kier molecular flexibility index (Phi) is 5.79. The van der Waals surface area contributed by atoms with Crippen molar-refractivity contribution in [3.8, 4) is 11.5 Å². The van der Waals surface area contributed by atoms with Gasteiger partial charge in [0.1, 0.15) is 18.2 Å². The van der Waals surface area contributed by atoms with Crippen molar-refractivity contribution < 1.29 is 18.3 Å². The van der Waals surface area contributed by atoms with Crippen LogP contribution in [0.1, 0.15) is 11.1 Å². The average Bonchev–Trinajstić information content (AvgIpc) is 2.74. The quantitative estimate of drug-likeness (QED) is 0.444. The summed E-state index contributed by atoms with van der Waals surface area (Å²) < 4.78 is 39.1. The molecule has 0 spiro atoms. The smallest absolute Gasteiger partial charge is 0.163 e. The minimum atomic E-state index is -0.670. The highest BCUT2D eigenvalue weighted by molar-refractivity contribution is 6.42. The second-order valence-corrected chi connectivity index (χ2v) is 7.36. The molecule has 0 aromatic heterocycles. The summed E-state index contributed by atoms with van der Waals surface area (Å²) in [4.78, 5) is 6.21. The minimum absolute atomic E-state index is 0.153. The van der Waals surface area contributed by atoms with Crippen LogP contribution in [-0.4, -0.2) is 13.4 Å². The molecule has 0 fully saturated rings. The summed E-state index contributed by atoms with van der Waals surface area (Å²) in [7, 11) is 1.50. The number of anilines is 2. The van der Waals surface area contributed by atoms with Crippen LogP contribution in [0.4, 0.5) is 20.2 Å². The topological polar surface area (TPSA) is 34.1 Å². The predicted octanol–water partition coefficient (Wildman–Crippen LogP) is 6.54. The average molecular weight is 449 g/mol. The molecule has 8 heteroatoms. The third kappa shape index (κ3) is 3.93. The number of fused-ring (bicyclic) bond motifs is 1. The number of halogens is 4. The van der Waals surface area contributed by atoms with Gasteiger partial charge >= 0.3 is 0 Å². The van der Waals surface area contributed by atoms with E-state index in [-0.39, 0.29) is 12.2 Å². The molecule has 3 aromatic rings. The summed E-state index contributed by atoms with van der Waals surface area (Å²) in [6, 6.07) is 12.5. The molecule has 0 N–H and O–H groups in total. The molecule has 4 rings (SSSR count). The SMILES string of the molecule is COc1cc2c(cc1OCc1c(F)cccc1F)N(c1ccc(Cl)c(Cl)c1)C=NC2. The van der Waals surface area contributed by atoms with Gasteiger partial charge in [-0.25, -0.2) is 8.78 Å². The van der Waals surface area contributed by atoms with Gasteiger partial charge in [-0.2, -0.15) is 0 Å². The Bertz CT molecular complexity index is 1120. The number of aliphatic imine (C=N–C) groups is 1. The van der Waals surface area contributed by atoms with Crippen molar-refractivity contribution in [2.45, 2.75) is 13.2 Å². The third-order valence-electron chi connectivity index (χ3n) is 4.70. The standard InChI is InChI=1S/C22H16Cl2F2N2O2/c1-29-21-7-13-10-27-12-28(14-5-6-16(23)17(24)8-14)20(13)9-22(21)30-11-15-18(25)3-2-4-19(15)26/h2-9,12H,10-11H2,1H3. The number of hydrogen-bond donors (Lipinski definition) is 0. The normalized spacial score (nSPS) is 12.6. The lowest BCUT2D eigenvalue weighted by molar-refractivity contribution is 0.274. The van der Waals surface area contributed by atoms with Gasteiger partial charge in [-0.05, 0) is 36.4 Å². The molecular formula is C22H16Cl2F2N2O2. The molecule has 0 bridgehead atoms. The van der Waals surface area contributed by atoms with Crippen molar-refractivity contribution in [2.75, 3.05) is 12.0 Å². The molecule has 1 aliphatic rings. The predicted molar refractivity (Wildman–Crippen MR) is 114 cm³/mol. The molecule has 0 atom stereocenters. The van der Waals surface area contributed by atoms with Crippen molar-refractivity contribution >= 4 is 40.9 Å². The summed E-state index contributed by atoms with van der Waals surface area (Å²) >= 11 is 12.2. The highest BCUT2D eigenvalue weighted by Gasteiger charge is 2.21. The molecule has 0 radical (unpaired) electrons. The number of nitrogens with zero attached hydrogens (tertiary/aromatic N) is 2. The minimum Gasteiger partial charge on any atom is -0.493 e. The van der Waals surface area contributed by atoms with Gasteiger partial charge in [-0.3, -0.25) is 4.99 Å². The molecule has 0 saturated carbocycles. The van der Waals surface area contributed by atoms with E-state index < -0.39 is 11.6 Å². The van der Waals surface area contributed by atoms with Crippen LogP contribution in [0.3, 0.4) is 0 Å². The first kappa shape index (κ1) is 20.4. The van der Waals surface area contributed by atoms with Gasteiger partial charge in [0.2, 0.25) is 0 Å². The maximum atomic E-state index is 14.0. The first-order valence-electron chi connectivity index (χ1n) is 8.98. The first-order valence-corrected chi connectivity index (χ1v) is 9.74. The fourth-order valence-electron chi connectivity index (χ4n) is 3.16. The monoisotopic (exact) mass is 448 g/mol. The van der Waals surface area contributed by atoms with Crippen molar-refractivity contribution in [1.29, 1.82) is 0 Å². The van der Waals surface area contributed by atoms with E-state index >= 15 is 0 Å². The van der Waals surface area contributed by atoms with Crippen LogP contribution < -0.4 is 14.4 Å². The lowest BCUT2D eigenvalue weighted by Crippen LogP contribution is -2.20. The van der Waals surface area contributed by atoms with Crippen molar-refractivity contribution in [3.63, 3.8) is 0 Å². The van der Waals surface area contributed by atoms with Gasteiger partial charge in [0, 0.05) is 17.3 Å². The molecule has 3 aromatic carbocycles. The van der Waals surface area contributed by atoms with Crippen LogP contribution >= 0.6 is 23.2 Å². The van der Waals surface area contributed by atoms with Gasteiger partial charge in [0.25, 0.3) is 0 Å². The zero-order valence-corrected chi connectivity index (χ0v) is 17.3. The number of rotatable bonds is 5. The zero-order valence-electron chi connectivity index (χ0n) is 15.8. The molecule has 0 saturated heterocycles. The molecule has 0 amide bonds. The Balaban J connectivity index is 1.70. The molecule has 30 heavy (non-hydrogen) atoms. The van der Waals surface area contributed by atoms with Gasteiger partial charge in [-0.15, -0.1) is 0 Å². The lowest BCUT2D eigenvalue weighted by atomic mass is 10.1. The molecule has 1 heterocycles. The van der Waals surface area contributed by atoms with Crippen molar-refractivity contribution in [1.82, 2.24) is 0 Å². The van der Waals surface area contributed by atoms with Gasteiger partial charge in [-0.1, -0.05) is 29.3 Å². The maximum absolute atomic E-state index is 14.0. The van der Waals surface area contributed by atoms with E-state index in [9.17, 15) is 8.78 Å². The number of benzene rings is 3. The maximum Gasteiger partial charge on any atom is 0.163 e. The summed E-state index contributed by atoms with van der Waals surface area (Å²) in [5, 5.41) is 0.856. The molecule has 1 aliphatic heterocycles. The van der Waals surface area contributed by atoms with Crippen LogP contribution in [-0.2, 0) is 13.2 Å². The van der Waals surface area contributed by atoms with E-state index in [2.05, 4.69) is 4.99 Å². The Morgan fingerprint density at radius 2 is 1.77 bits per heavy atom. The van der Waals surface area contributed by atoms with Gasteiger partial charge in [0.15, 0.2) is 11.5 Å². The van der Waals surface area contributed by atoms with E-state index in [0.29, 0.717) is 28.1 Å². The van der Waals surface area contributed by atoms with Crippen molar-refractivity contribution in [2.24, 2.45) is 4.99 Å². The van der Waals surface area contributed by atoms with Crippen LogP contribution in [0.5, 0.6) is 11.5 Å². The van der Waals surface area contributed by atoms with Crippen LogP contribution in [0.2, 0.25) is 10.0 Å². The Morgan fingerprint density at radius 3 is 2.47 bits per heavy atom. The van der Waals surface area contributed by atoms with E-state index in [1.165, 1.54) is 25.3 Å². The summed E-state index contributed by atoms with van der Waals surface area (Å²) in [5.74, 6) is -0.552. The van der Waals surface area contributed by atoms with Crippen LogP contribution in [0, 0.1) is 11.6 Å². The molecule has 0 aliphatic carbocycles. The highest BCUT2D eigenvalue weighted by atomic mass is 35.5. The zero-order chi connectivity index (χ0) is 21.3. The Labute approximate surface area is 182 Å². The number of hydrogen-bond acceptors (Lipinski definition) is 4. The summed E-state index contributed by atoms with van der Waals surface area (Å²) in [6.45, 7) is 0.167. The van der Waals surface area contributed by atoms with E-state index in [4.69, 9.17) is 32.7 Å². The van der Waals surface area contributed by atoms with E-state index in [1.54, 1.807) is 30.6 Å². The summed E-state index contributed by atoms with van der Waals surface area (Å²) in [6.07, 6.45) is 1.68. The van der Waals surface area contributed by atoms with Crippen LogP contribution in [0.25, 0.3) is 0 Å². The fourth-order valence-corrected chi connectivity index (χ4v) is 3.45. The van der Waals surface area contributed by atoms with E-state index in [1.807, 2.05) is 11.0 Å². The van der Waals surface area contributed by atoms with E-state index in [0.717, 1.165) is 16.9 Å². The lowest BCUT2D eigenvalue weighted by Gasteiger charge is -2.27. The van der Waals surface area contributed by atoms with Crippen LogP contribution in [0.15, 0.2) is 53.5 Å². The Hall–Kier alpha value is -2.83. The molecule has 4 nitrogen and oxygen atoms in total. The molecule has 0 unspecified atom stereocenters. The fraction of sp³-hybridized carbons (Fsp3) is 0.136. The second-order valence-electron chi connectivity index (χ2n) is 6.55. The largest absolute Gasteiger partial charge is 0.493 e. The molecular weight excluding hydrogens is 433 g/mol. The first-order chi connectivity index (χ1) is 14.5. The Morgan fingerprint density at radius 1 is 1.00 bits per heavy atom. The second kappa shape index (κ2) is 8.50. The van der Waals surface area contributed by atoms with Gasteiger partial charge < -0.3 is 14.4 Å².